The van der Waals surface area contributed by atoms with Crippen molar-refractivity contribution in [2.45, 2.75) is 56.3 Å². The van der Waals surface area contributed by atoms with E-state index in [0.29, 0.717) is 37.3 Å². The molecule has 6 N–H and O–H groups in total. The van der Waals surface area contributed by atoms with Gasteiger partial charge < -0.3 is 31.4 Å². The van der Waals surface area contributed by atoms with Gasteiger partial charge in [-0.2, -0.15) is 11.8 Å². The summed E-state index contributed by atoms with van der Waals surface area (Å²) >= 11 is 1.57. The third-order valence-electron chi connectivity index (χ3n) is 6.30. The molecule has 12 heteroatoms. The van der Waals surface area contributed by atoms with Gasteiger partial charge in [0.05, 0.1) is 12.4 Å². The molecule has 200 valence electrons. The van der Waals surface area contributed by atoms with Gasteiger partial charge in [-0.15, -0.1) is 0 Å². The fraction of sp³-hybridized carbons (Fsp3) is 0.480. The van der Waals surface area contributed by atoms with Crippen LogP contribution in [-0.4, -0.2) is 86.4 Å². The minimum absolute atomic E-state index is 0.120. The molecule has 3 amide bonds. The zero-order chi connectivity index (χ0) is 26.8. The van der Waals surface area contributed by atoms with Crippen LogP contribution in [0.25, 0.3) is 0 Å². The highest BCUT2D eigenvalue weighted by molar-refractivity contribution is 7.98. The van der Waals surface area contributed by atoms with Crippen molar-refractivity contribution >= 4 is 35.5 Å². The number of nitrogens with zero attached hydrogens (tertiary/aromatic N) is 2. The standard InChI is InChI=1S/C25H34N6O5S/c1-37-11-9-18(26)22(32)29-19(13-17-14-27-15-28-17)24(34)31-10-5-8-21(31)23(33)30-20(25(35)36)12-16-6-3-2-4-7-16/h2-4,6-7,14-15,18-21H,5,8-13,26H2,1H3,(H,27,28)(H,29,32)(H,30,33)(H,35,36). The maximum atomic E-state index is 13.6. The van der Waals surface area contributed by atoms with Crippen LogP contribution in [0.2, 0.25) is 0 Å². The van der Waals surface area contributed by atoms with Crippen LogP contribution in [0.4, 0.5) is 0 Å². The number of thioether (sulfide) groups is 1. The van der Waals surface area contributed by atoms with Gasteiger partial charge >= 0.3 is 5.97 Å². The number of carbonyl (C=O) groups excluding carboxylic acids is 3. The van der Waals surface area contributed by atoms with Crippen LogP contribution in [-0.2, 0) is 32.0 Å². The first-order chi connectivity index (χ1) is 17.8. The van der Waals surface area contributed by atoms with Crippen molar-refractivity contribution in [3.05, 3.63) is 54.1 Å². The second kappa shape index (κ2) is 13.8. The number of imidazole rings is 1. The summed E-state index contributed by atoms with van der Waals surface area (Å²) < 4.78 is 0. The molecule has 0 aliphatic carbocycles. The van der Waals surface area contributed by atoms with Crippen LogP contribution in [0.1, 0.15) is 30.5 Å². The Morgan fingerprint density at radius 3 is 2.59 bits per heavy atom. The predicted molar refractivity (Wildman–Crippen MR) is 140 cm³/mol. The Labute approximate surface area is 220 Å². The number of H-pyrrole nitrogens is 1. The molecule has 37 heavy (non-hydrogen) atoms. The van der Waals surface area contributed by atoms with Gasteiger partial charge in [-0.3, -0.25) is 14.4 Å². The molecule has 1 aliphatic heterocycles. The van der Waals surface area contributed by atoms with Crippen LogP contribution in [0.3, 0.4) is 0 Å². The monoisotopic (exact) mass is 530 g/mol. The van der Waals surface area contributed by atoms with E-state index in [9.17, 15) is 24.3 Å². The fourth-order valence-electron chi connectivity index (χ4n) is 4.29. The molecule has 0 radical (unpaired) electrons. The normalized spacial score (nSPS) is 17.6. The fourth-order valence-corrected chi connectivity index (χ4v) is 4.78. The number of aromatic nitrogens is 2. The number of rotatable bonds is 13. The van der Waals surface area contributed by atoms with E-state index in [2.05, 4.69) is 20.6 Å². The second-order valence-electron chi connectivity index (χ2n) is 9.01. The third-order valence-corrected chi connectivity index (χ3v) is 6.94. The minimum Gasteiger partial charge on any atom is -0.480 e. The molecule has 0 bridgehead atoms. The Kier molecular flexibility index (Phi) is 10.5. The first-order valence-corrected chi connectivity index (χ1v) is 13.6. The first-order valence-electron chi connectivity index (χ1n) is 12.2. The summed E-state index contributed by atoms with van der Waals surface area (Å²) in [5.74, 6) is -1.85. The van der Waals surface area contributed by atoms with Crippen molar-refractivity contribution in [1.82, 2.24) is 25.5 Å². The number of hydrogen-bond acceptors (Lipinski definition) is 7. The molecule has 11 nitrogen and oxygen atoms in total. The smallest absolute Gasteiger partial charge is 0.326 e. The number of likely N-dealkylation sites (tertiary alicyclic amines) is 1. The lowest BCUT2D eigenvalue weighted by Crippen LogP contribution is -2.57. The van der Waals surface area contributed by atoms with Gasteiger partial charge in [0, 0.05) is 31.3 Å². The summed E-state index contributed by atoms with van der Waals surface area (Å²) in [4.78, 5) is 59.7. The minimum atomic E-state index is -1.16. The van der Waals surface area contributed by atoms with Crippen molar-refractivity contribution < 1.29 is 24.3 Å². The quantitative estimate of drug-likeness (QED) is 0.246. The van der Waals surface area contributed by atoms with Gasteiger partial charge in [-0.05, 0) is 36.8 Å². The Morgan fingerprint density at radius 1 is 1.19 bits per heavy atom. The zero-order valence-corrected chi connectivity index (χ0v) is 21.6. The Bertz CT molecular complexity index is 1050. The highest BCUT2D eigenvalue weighted by Crippen LogP contribution is 2.20. The molecule has 0 saturated carbocycles. The lowest BCUT2D eigenvalue weighted by Gasteiger charge is -2.30. The molecule has 1 saturated heterocycles. The van der Waals surface area contributed by atoms with E-state index in [0.717, 1.165) is 5.56 Å². The van der Waals surface area contributed by atoms with Gasteiger partial charge in [0.25, 0.3) is 0 Å². The molecule has 1 aliphatic rings. The second-order valence-corrected chi connectivity index (χ2v) is 9.99. The van der Waals surface area contributed by atoms with Gasteiger partial charge in [0.15, 0.2) is 0 Å². The Morgan fingerprint density at radius 2 is 1.95 bits per heavy atom. The van der Waals surface area contributed by atoms with Crippen LogP contribution < -0.4 is 16.4 Å². The van der Waals surface area contributed by atoms with E-state index in [1.807, 2.05) is 12.3 Å². The van der Waals surface area contributed by atoms with Gasteiger partial charge in [-0.25, -0.2) is 9.78 Å². The summed E-state index contributed by atoms with van der Waals surface area (Å²) in [6, 6.07) is 5.31. The van der Waals surface area contributed by atoms with Crippen LogP contribution in [0.5, 0.6) is 0 Å². The third kappa shape index (κ3) is 8.05. The summed E-state index contributed by atoms with van der Waals surface area (Å²) in [7, 11) is 0. The van der Waals surface area contributed by atoms with Crippen molar-refractivity contribution in [3.63, 3.8) is 0 Å². The number of aromatic amines is 1. The van der Waals surface area contributed by atoms with Crippen molar-refractivity contribution in [2.24, 2.45) is 5.73 Å². The predicted octanol–water partition coefficient (Wildman–Crippen LogP) is 0.321. The molecule has 4 unspecified atom stereocenters. The number of aliphatic carboxylic acids is 1. The SMILES string of the molecule is CSCCC(N)C(=O)NC(Cc1cnc[nH]1)C(=O)N1CCCC1C(=O)NC(Cc1ccccc1)C(=O)O. The maximum Gasteiger partial charge on any atom is 0.326 e. The Hall–Kier alpha value is -3.38. The number of carboxylic acids is 1. The number of carbonyl (C=O) groups is 4. The van der Waals surface area contributed by atoms with Crippen molar-refractivity contribution in [1.29, 1.82) is 0 Å². The first kappa shape index (κ1) is 28.2. The molecule has 2 heterocycles. The number of amides is 3. The van der Waals surface area contributed by atoms with E-state index in [1.165, 1.54) is 11.2 Å². The van der Waals surface area contributed by atoms with E-state index >= 15 is 0 Å². The molecule has 0 spiro atoms. The number of nitrogens with one attached hydrogen (secondary N) is 3. The molecule has 4 atom stereocenters. The summed E-state index contributed by atoms with van der Waals surface area (Å²) in [5.41, 5.74) is 7.43. The molecule has 3 rings (SSSR count). The van der Waals surface area contributed by atoms with Gasteiger partial charge in [-0.1, -0.05) is 30.3 Å². The molecule has 2 aromatic rings. The zero-order valence-electron chi connectivity index (χ0n) is 20.8. The van der Waals surface area contributed by atoms with Crippen LogP contribution >= 0.6 is 11.8 Å². The van der Waals surface area contributed by atoms with Gasteiger partial charge in [0.2, 0.25) is 17.7 Å². The average Bonchev–Trinajstić information content (AvgIpc) is 3.59. The molecule has 1 fully saturated rings. The number of hydrogen-bond donors (Lipinski definition) is 5. The highest BCUT2D eigenvalue weighted by Gasteiger charge is 2.39. The molecule has 1 aromatic heterocycles. The molecule has 1 aromatic carbocycles. The number of carboxylic acid groups (broad SMARTS) is 1. The Balaban J connectivity index is 1.72. The van der Waals surface area contributed by atoms with E-state index < -0.39 is 47.9 Å². The van der Waals surface area contributed by atoms with Crippen molar-refractivity contribution in [3.8, 4) is 0 Å². The lowest BCUT2D eigenvalue weighted by molar-refractivity contribution is -0.144. The molecular formula is C25H34N6O5S. The van der Waals surface area contributed by atoms with Crippen LogP contribution in [0.15, 0.2) is 42.9 Å². The van der Waals surface area contributed by atoms with E-state index in [4.69, 9.17) is 5.73 Å². The summed E-state index contributed by atoms with van der Waals surface area (Å²) in [5, 5.41) is 15.0. The van der Waals surface area contributed by atoms with Crippen molar-refractivity contribution in [2.75, 3.05) is 18.6 Å². The van der Waals surface area contributed by atoms with E-state index in [-0.39, 0.29) is 12.8 Å². The average molecular weight is 531 g/mol. The number of benzene rings is 1. The topological polar surface area (TPSA) is 171 Å². The largest absolute Gasteiger partial charge is 0.480 e. The number of nitrogens with two attached hydrogens (primary N) is 1. The molecular weight excluding hydrogens is 496 g/mol. The summed E-state index contributed by atoms with van der Waals surface area (Å²) in [6.45, 7) is 0.321. The van der Waals surface area contributed by atoms with E-state index in [1.54, 1.807) is 42.2 Å². The lowest BCUT2D eigenvalue weighted by atomic mass is 10.0. The highest BCUT2D eigenvalue weighted by atomic mass is 32.2. The maximum absolute atomic E-state index is 13.6. The van der Waals surface area contributed by atoms with Gasteiger partial charge in [0.1, 0.15) is 18.1 Å². The van der Waals surface area contributed by atoms with Crippen LogP contribution in [0, 0.1) is 0 Å². The summed E-state index contributed by atoms with van der Waals surface area (Å²) in [6.07, 6.45) is 6.67.